The zero-order valence-corrected chi connectivity index (χ0v) is 20.0. The molecule has 2 fully saturated rings. The third-order valence-corrected chi connectivity index (χ3v) is 7.96. The zero-order valence-electron chi connectivity index (χ0n) is 20.0. The van der Waals surface area contributed by atoms with E-state index in [-0.39, 0.29) is 11.3 Å². The number of ether oxygens (including phenoxy) is 1. The quantitative estimate of drug-likeness (QED) is 0.402. The van der Waals surface area contributed by atoms with Gasteiger partial charge >= 0.3 is 6.11 Å². The predicted molar refractivity (Wildman–Crippen MR) is 127 cm³/mol. The highest BCUT2D eigenvalue weighted by Gasteiger charge is 2.35. The van der Waals surface area contributed by atoms with Crippen molar-refractivity contribution in [3.63, 3.8) is 0 Å². The number of hydrogen-bond acceptors (Lipinski definition) is 1. The van der Waals surface area contributed by atoms with Crippen molar-refractivity contribution in [2.24, 2.45) is 17.8 Å². The Morgan fingerprint density at radius 2 is 1.42 bits per heavy atom. The second-order valence-corrected chi connectivity index (χ2v) is 10.6. The molecule has 4 heteroatoms. The second kappa shape index (κ2) is 10.5. The molecule has 0 atom stereocenters. The normalized spacial score (nSPS) is 26.2. The Morgan fingerprint density at radius 3 is 2.03 bits per heavy atom. The Morgan fingerprint density at radius 1 is 0.818 bits per heavy atom. The first-order valence-corrected chi connectivity index (χ1v) is 12.8. The smallest absolute Gasteiger partial charge is 0.426 e. The Hall–Kier alpha value is -1.97. The average Bonchev–Trinajstić information content (AvgIpc) is 2.80. The highest BCUT2D eigenvalue weighted by molar-refractivity contribution is 5.32. The average molecular weight is 459 g/mol. The van der Waals surface area contributed by atoms with Crippen LogP contribution in [0.25, 0.3) is 0 Å². The maximum absolute atomic E-state index is 14.8. The maximum atomic E-state index is 14.8. The Kier molecular flexibility index (Phi) is 7.71. The largest absolute Gasteiger partial charge is 0.429 e. The number of aryl methyl sites for hydroxylation is 1. The number of rotatable bonds is 7. The topological polar surface area (TPSA) is 9.23 Å². The summed E-state index contributed by atoms with van der Waals surface area (Å²) in [6, 6.07) is 10.6. The van der Waals surface area contributed by atoms with E-state index >= 15 is 0 Å². The first-order chi connectivity index (χ1) is 15.8. The second-order valence-electron chi connectivity index (χ2n) is 10.6. The molecule has 0 amide bonds. The summed E-state index contributed by atoms with van der Waals surface area (Å²) in [4.78, 5) is 0. The molecule has 2 aromatic carbocycles. The van der Waals surface area contributed by atoms with E-state index in [2.05, 4.69) is 13.8 Å². The van der Waals surface area contributed by atoms with Crippen molar-refractivity contribution in [1.29, 1.82) is 0 Å². The molecule has 0 N–H and O–H groups in total. The van der Waals surface area contributed by atoms with Crippen molar-refractivity contribution in [2.45, 2.75) is 90.1 Å². The van der Waals surface area contributed by atoms with Crippen LogP contribution in [0.2, 0.25) is 0 Å². The molecule has 0 aliphatic heterocycles. The van der Waals surface area contributed by atoms with Gasteiger partial charge in [0, 0.05) is 6.07 Å². The van der Waals surface area contributed by atoms with Crippen molar-refractivity contribution in [2.75, 3.05) is 0 Å². The van der Waals surface area contributed by atoms with Crippen LogP contribution in [0.4, 0.5) is 13.2 Å². The summed E-state index contributed by atoms with van der Waals surface area (Å²) in [6.07, 6.45) is 7.58. The van der Waals surface area contributed by atoms with Gasteiger partial charge in [-0.2, -0.15) is 8.78 Å². The van der Waals surface area contributed by atoms with Crippen molar-refractivity contribution in [3.8, 4) is 5.75 Å². The van der Waals surface area contributed by atoms with Gasteiger partial charge < -0.3 is 4.74 Å². The van der Waals surface area contributed by atoms with E-state index in [9.17, 15) is 13.2 Å². The van der Waals surface area contributed by atoms with Gasteiger partial charge in [-0.1, -0.05) is 70.6 Å². The minimum absolute atomic E-state index is 0.141. The van der Waals surface area contributed by atoms with Crippen LogP contribution in [0.1, 0.15) is 94.2 Å². The molecule has 0 heterocycles. The van der Waals surface area contributed by atoms with Gasteiger partial charge in [0.05, 0.1) is 5.56 Å². The highest BCUT2D eigenvalue weighted by atomic mass is 19.3. The summed E-state index contributed by atoms with van der Waals surface area (Å²) < 4.78 is 49.1. The van der Waals surface area contributed by atoms with Crippen LogP contribution in [0.3, 0.4) is 0 Å². The number of halogens is 3. The maximum Gasteiger partial charge on any atom is 0.426 e. The zero-order chi connectivity index (χ0) is 23.4. The van der Waals surface area contributed by atoms with E-state index in [0.717, 1.165) is 42.7 Å². The lowest BCUT2D eigenvalue weighted by atomic mass is 9.79. The molecule has 33 heavy (non-hydrogen) atoms. The van der Waals surface area contributed by atoms with Gasteiger partial charge in [-0.05, 0) is 78.7 Å². The third-order valence-electron chi connectivity index (χ3n) is 7.96. The molecule has 0 saturated heterocycles. The van der Waals surface area contributed by atoms with Crippen molar-refractivity contribution in [3.05, 3.63) is 65.0 Å². The first kappa shape index (κ1) is 24.2. The van der Waals surface area contributed by atoms with Crippen LogP contribution in [-0.2, 0) is 12.5 Å². The van der Waals surface area contributed by atoms with Crippen LogP contribution < -0.4 is 4.74 Å². The van der Waals surface area contributed by atoms with E-state index in [4.69, 9.17) is 4.74 Å². The molecule has 4 rings (SSSR count). The predicted octanol–water partition coefficient (Wildman–Crippen LogP) is 9.01. The molecule has 0 unspecified atom stereocenters. The third kappa shape index (κ3) is 6.33. The number of benzene rings is 2. The lowest BCUT2D eigenvalue weighted by Gasteiger charge is -2.27. The van der Waals surface area contributed by atoms with Crippen molar-refractivity contribution >= 4 is 0 Å². The summed E-state index contributed by atoms with van der Waals surface area (Å²) in [5, 5.41) is 0. The van der Waals surface area contributed by atoms with E-state index in [1.54, 1.807) is 18.2 Å². The van der Waals surface area contributed by atoms with Gasteiger partial charge in [0.25, 0.3) is 0 Å². The summed E-state index contributed by atoms with van der Waals surface area (Å²) in [5.74, 6) is 2.03. The molecular weight excluding hydrogens is 421 g/mol. The summed E-state index contributed by atoms with van der Waals surface area (Å²) in [5.41, 5.74) is 1.49. The van der Waals surface area contributed by atoms with Crippen molar-refractivity contribution < 1.29 is 17.9 Å². The van der Waals surface area contributed by atoms with Crippen LogP contribution in [0.15, 0.2) is 42.5 Å². The molecule has 0 radical (unpaired) electrons. The van der Waals surface area contributed by atoms with Crippen LogP contribution in [-0.4, -0.2) is 0 Å². The lowest BCUT2D eigenvalue weighted by molar-refractivity contribution is -0.185. The van der Waals surface area contributed by atoms with Gasteiger partial charge in [0.15, 0.2) is 0 Å². The minimum Gasteiger partial charge on any atom is -0.429 e. The summed E-state index contributed by atoms with van der Waals surface area (Å²) in [6.45, 7) is 4.56. The molecule has 2 saturated carbocycles. The highest BCUT2D eigenvalue weighted by Crippen LogP contribution is 2.38. The van der Waals surface area contributed by atoms with Gasteiger partial charge in [0.1, 0.15) is 11.6 Å². The molecule has 0 spiro atoms. The fourth-order valence-corrected chi connectivity index (χ4v) is 5.52. The van der Waals surface area contributed by atoms with Gasteiger partial charge in [0.2, 0.25) is 0 Å². The van der Waals surface area contributed by atoms with E-state index < -0.39 is 11.9 Å². The van der Waals surface area contributed by atoms with Gasteiger partial charge in [-0.3, -0.25) is 0 Å². The molecule has 0 aromatic heterocycles. The molecule has 2 aliphatic carbocycles. The van der Waals surface area contributed by atoms with Crippen LogP contribution in [0.5, 0.6) is 5.75 Å². The van der Waals surface area contributed by atoms with E-state index in [1.807, 2.05) is 0 Å². The standard InChI is InChI=1S/C29H37F3O/c1-20-3-7-22(8-4-20)9-12-25-15-18-27(19-28(25)30)33-29(31,32)26-16-13-24(14-17-26)23-10-5-21(2)6-11-23/h13-23H,3-12H2,1-2H3. The molecule has 1 nitrogen and oxygen atoms in total. The lowest BCUT2D eigenvalue weighted by Crippen LogP contribution is -2.22. The summed E-state index contributed by atoms with van der Waals surface area (Å²) >= 11 is 0. The molecule has 180 valence electrons. The van der Waals surface area contributed by atoms with Gasteiger partial charge in [-0.25, -0.2) is 4.39 Å². The minimum atomic E-state index is -3.51. The van der Waals surface area contributed by atoms with Crippen molar-refractivity contribution in [1.82, 2.24) is 0 Å². The first-order valence-electron chi connectivity index (χ1n) is 12.8. The fraction of sp³-hybridized carbons (Fsp3) is 0.586. The Bertz CT molecular complexity index is 892. The van der Waals surface area contributed by atoms with Crippen LogP contribution >= 0.6 is 0 Å². The Labute approximate surface area is 196 Å². The number of hydrogen-bond donors (Lipinski definition) is 0. The van der Waals surface area contributed by atoms with Gasteiger partial charge in [-0.15, -0.1) is 0 Å². The molecule has 2 aliphatic rings. The monoisotopic (exact) mass is 458 g/mol. The molecule has 2 aromatic rings. The van der Waals surface area contributed by atoms with E-state index in [0.29, 0.717) is 23.8 Å². The van der Waals surface area contributed by atoms with Crippen LogP contribution in [0, 0.1) is 23.6 Å². The Balaban J connectivity index is 1.34. The number of alkyl halides is 2. The molecule has 0 bridgehead atoms. The SMILES string of the molecule is CC1CCC(CCc2ccc(OC(F)(F)c3ccc(C4CCC(C)CC4)cc3)cc2F)CC1. The fourth-order valence-electron chi connectivity index (χ4n) is 5.52. The molecular formula is C29H37F3O. The summed E-state index contributed by atoms with van der Waals surface area (Å²) in [7, 11) is 0. The van der Waals surface area contributed by atoms with E-state index in [1.165, 1.54) is 56.7 Å².